The van der Waals surface area contributed by atoms with Crippen LogP contribution in [0.25, 0.3) is 0 Å². The summed E-state index contributed by atoms with van der Waals surface area (Å²) < 4.78 is 0. The van der Waals surface area contributed by atoms with Crippen LogP contribution in [0.4, 0.5) is 0 Å². The largest absolute Gasteiger partial charge is 0.480 e. The van der Waals surface area contributed by atoms with E-state index in [0.29, 0.717) is 0 Å². The molecule has 0 aliphatic heterocycles. The molecule has 1 rings (SSSR count). The van der Waals surface area contributed by atoms with E-state index in [1.807, 2.05) is 30.3 Å². The van der Waals surface area contributed by atoms with Crippen LogP contribution in [0.15, 0.2) is 30.3 Å². The second kappa shape index (κ2) is 7.06. The first-order valence-corrected chi connectivity index (χ1v) is 6.27. The van der Waals surface area contributed by atoms with E-state index in [2.05, 4.69) is 17.2 Å². The van der Waals surface area contributed by atoms with Crippen molar-refractivity contribution in [3.8, 4) is 11.8 Å². The summed E-state index contributed by atoms with van der Waals surface area (Å²) in [6, 6.07) is 8.03. The summed E-state index contributed by atoms with van der Waals surface area (Å²) in [5.41, 5.74) is -0.628. The Bertz CT molecular complexity index is 500. The molecule has 0 amide bonds. The lowest BCUT2D eigenvalue weighted by molar-refractivity contribution is -0.142. The number of carboxylic acid groups (broad SMARTS) is 1. The van der Waals surface area contributed by atoms with Crippen molar-refractivity contribution >= 4 is 5.97 Å². The summed E-state index contributed by atoms with van der Waals surface area (Å²) in [4.78, 5) is 10.9. The van der Waals surface area contributed by atoms with Gasteiger partial charge in [0, 0.05) is 12.1 Å². The SMILES string of the molecule is C[C@@H](O)[C@@H](NC[C@](C)(O)C#Cc1ccccc1)C(=O)O. The molecule has 0 bridgehead atoms. The molecule has 0 fully saturated rings. The number of carboxylic acids is 1. The van der Waals surface area contributed by atoms with Crippen molar-refractivity contribution in [3.63, 3.8) is 0 Å². The fraction of sp³-hybridized carbons (Fsp3) is 0.400. The molecule has 5 heteroatoms. The van der Waals surface area contributed by atoms with Crippen molar-refractivity contribution in [2.75, 3.05) is 6.54 Å². The third kappa shape index (κ3) is 5.41. The molecule has 0 aliphatic carbocycles. The Morgan fingerprint density at radius 1 is 1.40 bits per heavy atom. The van der Waals surface area contributed by atoms with Gasteiger partial charge in [-0.05, 0) is 26.0 Å². The van der Waals surface area contributed by atoms with Crippen molar-refractivity contribution < 1.29 is 20.1 Å². The van der Waals surface area contributed by atoms with E-state index in [4.69, 9.17) is 5.11 Å². The minimum atomic E-state index is -1.39. The summed E-state index contributed by atoms with van der Waals surface area (Å²) >= 11 is 0. The molecule has 3 atom stereocenters. The Kier molecular flexibility index (Phi) is 5.71. The van der Waals surface area contributed by atoms with Gasteiger partial charge in [-0.2, -0.15) is 0 Å². The Morgan fingerprint density at radius 2 is 2.00 bits per heavy atom. The van der Waals surface area contributed by atoms with Gasteiger partial charge < -0.3 is 15.3 Å². The highest BCUT2D eigenvalue weighted by Gasteiger charge is 2.26. The van der Waals surface area contributed by atoms with Crippen LogP contribution in [-0.2, 0) is 4.79 Å². The molecule has 20 heavy (non-hydrogen) atoms. The maximum absolute atomic E-state index is 10.9. The number of aliphatic hydroxyl groups is 2. The molecule has 1 aromatic rings. The van der Waals surface area contributed by atoms with Crippen molar-refractivity contribution in [2.45, 2.75) is 31.6 Å². The third-order valence-corrected chi connectivity index (χ3v) is 2.66. The van der Waals surface area contributed by atoms with E-state index >= 15 is 0 Å². The quantitative estimate of drug-likeness (QED) is 0.578. The van der Waals surface area contributed by atoms with Crippen molar-refractivity contribution in [1.29, 1.82) is 0 Å². The first-order chi connectivity index (χ1) is 9.32. The molecule has 4 N–H and O–H groups in total. The number of rotatable bonds is 5. The van der Waals surface area contributed by atoms with Crippen LogP contribution in [0, 0.1) is 11.8 Å². The smallest absolute Gasteiger partial charge is 0.323 e. The van der Waals surface area contributed by atoms with Gasteiger partial charge in [0.2, 0.25) is 0 Å². The lowest BCUT2D eigenvalue weighted by Crippen LogP contribution is -2.50. The fourth-order valence-electron chi connectivity index (χ4n) is 1.55. The lowest BCUT2D eigenvalue weighted by Gasteiger charge is -2.22. The predicted octanol–water partition coefficient (Wildman–Crippen LogP) is 0.213. The maximum Gasteiger partial charge on any atom is 0.323 e. The first kappa shape index (κ1) is 16.2. The molecule has 5 nitrogen and oxygen atoms in total. The number of carbonyl (C=O) groups is 1. The van der Waals surface area contributed by atoms with Gasteiger partial charge in [-0.25, -0.2) is 0 Å². The molecule has 0 aliphatic rings. The maximum atomic E-state index is 10.9. The van der Waals surface area contributed by atoms with Crippen LogP contribution in [-0.4, -0.2) is 45.6 Å². The standard InChI is InChI=1S/C15H19NO4/c1-11(17)13(14(18)19)16-10-15(2,20)9-8-12-6-4-3-5-7-12/h3-7,11,13,16-17,20H,10H2,1-2H3,(H,18,19)/t11-,13-,15-/m1/s1. The number of nitrogens with one attached hydrogen (secondary N) is 1. The summed E-state index contributed by atoms with van der Waals surface area (Å²) in [6.07, 6.45) is -1.06. The molecule has 0 unspecified atom stereocenters. The summed E-state index contributed by atoms with van der Waals surface area (Å²) in [6.45, 7) is 2.79. The van der Waals surface area contributed by atoms with Crippen LogP contribution in [0.5, 0.6) is 0 Å². The molecular formula is C15H19NO4. The molecule has 0 radical (unpaired) electrons. The lowest BCUT2D eigenvalue weighted by atomic mass is 10.1. The summed E-state index contributed by atoms with van der Waals surface area (Å²) in [5, 5.41) is 30.9. The zero-order valence-corrected chi connectivity index (χ0v) is 11.5. The van der Waals surface area contributed by atoms with E-state index in [9.17, 15) is 15.0 Å². The molecule has 1 aromatic carbocycles. The molecular weight excluding hydrogens is 258 g/mol. The topological polar surface area (TPSA) is 89.8 Å². The number of hydrogen-bond donors (Lipinski definition) is 4. The van der Waals surface area contributed by atoms with Crippen molar-refractivity contribution in [3.05, 3.63) is 35.9 Å². The van der Waals surface area contributed by atoms with Crippen LogP contribution >= 0.6 is 0 Å². The highest BCUT2D eigenvalue weighted by Crippen LogP contribution is 2.03. The highest BCUT2D eigenvalue weighted by atomic mass is 16.4. The third-order valence-electron chi connectivity index (χ3n) is 2.66. The van der Waals surface area contributed by atoms with Gasteiger partial charge in [-0.1, -0.05) is 30.0 Å². The van der Waals surface area contributed by atoms with Crippen LogP contribution in [0.2, 0.25) is 0 Å². The first-order valence-electron chi connectivity index (χ1n) is 6.27. The zero-order chi connectivity index (χ0) is 15.2. The number of aliphatic carboxylic acids is 1. The Hall–Kier alpha value is -1.87. The Labute approximate surface area is 118 Å². The van der Waals surface area contributed by atoms with Gasteiger partial charge in [-0.3, -0.25) is 10.1 Å². The highest BCUT2D eigenvalue weighted by molar-refractivity contribution is 5.74. The van der Waals surface area contributed by atoms with Crippen LogP contribution in [0.3, 0.4) is 0 Å². The predicted molar refractivity (Wildman–Crippen MR) is 75.1 cm³/mol. The molecule has 0 spiro atoms. The van der Waals surface area contributed by atoms with Crippen molar-refractivity contribution in [1.82, 2.24) is 5.32 Å². The monoisotopic (exact) mass is 277 g/mol. The van der Waals surface area contributed by atoms with Crippen LogP contribution in [0.1, 0.15) is 19.4 Å². The minimum Gasteiger partial charge on any atom is -0.480 e. The normalized spacial score (nSPS) is 16.4. The Morgan fingerprint density at radius 3 is 2.50 bits per heavy atom. The molecule has 0 saturated heterocycles. The number of hydrogen-bond acceptors (Lipinski definition) is 4. The zero-order valence-electron chi connectivity index (χ0n) is 11.5. The van der Waals surface area contributed by atoms with E-state index in [1.54, 1.807) is 0 Å². The van der Waals surface area contributed by atoms with Gasteiger partial charge in [-0.15, -0.1) is 0 Å². The van der Waals surface area contributed by atoms with Gasteiger partial charge in [0.1, 0.15) is 11.6 Å². The average Bonchev–Trinajstić information content (AvgIpc) is 2.37. The molecule has 0 heterocycles. The van der Waals surface area contributed by atoms with E-state index in [-0.39, 0.29) is 6.54 Å². The second-order valence-corrected chi connectivity index (χ2v) is 4.83. The van der Waals surface area contributed by atoms with Crippen LogP contribution < -0.4 is 5.32 Å². The molecule has 0 saturated carbocycles. The van der Waals surface area contributed by atoms with E-state index in [1.165, 1.54) is 13.8 Å². The van der Waals surface area contributed by atoms with Gasteiger partial charge in [0.15, 0.2) is 0 Å². The number of benzene rings is 1. The summed E-state index contributed by atoms with van der Waals surface area (Å²) in [7, 11) is 0. The summed E-state index contributed by atoms with van der Waals surface area (Å²) in [5.74, 6) is 4.32. The minimum absolute atomic E-state index is 0.0608. The van der Waals surface area contributed by atoms with Gasteiger partial charge in [0.05, 0.1) is 6.10 Å². The average molecular weight is 277 g/mol. The molecule has 0 aromatic heterocycles. The van der Waals surface area contributed by atoms with Crippen molar-refractivity contribution in [2.24, 2.45) is 0 Å². The van der Waals surface area contributed by atoms with E-state index < -0.39 is 23.7 Å². The van der Waals surface area contributed by atoms with Gasteiger partial charge in [0.25, 0.3) is 0 Å². The number of aliphatic hydroxyl groups excluding tert-OH is 1. The fourth-order valence-corrected chi connectivity index (χ4v) is 1.55. The van der Waals surface area contributed by atoms with E-state index in [0.717, 1.165) is 5.56 Å². The second-order valence-electron chi connectivity index (χ2n) is 4.83. The molecule has 108 valence electrons. The van der Waals surface area contributed by atoms with Gasteiger partial charge >= 0.3 is 5.97 Å². The Balaban J connectivity index is 2.66.